The molecule has 2 heterocycles. The Balaban J connectivity index is 2.03. The molecule has 2 N–H and O–H groups in total. The molecule has 18 heavy (non-hydrogen) atoms. The monoisotopic (exact) mass is 251 g/mol. The topological polar surface area (TPSA) is 56.8 Å². The third kappa shape index (κ3) is 2.66. The molecule has 2 rings (SSSR count). The van der Waals surface area contributed by atoms with E-state index in [0.717, 1.165) is 44.1 Å². The molecule has 102 valence electrons. The highest BCUT2D eigenvalue weighted by Crippen LogP contribution is 2.25. The van der Waals surface area contributed by atoms with Gasteiger partial charge in [-0.2, -0.15) is 4.98 Å². The van der Waals surface area contributed by atoms with Crippen LogP contribution in [0.15, 0.2) is 0 Å². The van der Waals surface area contributed by atoms with Crippen molar-refractivity contribution in [3.05, 3.63) is 5.82 Å². The molecule has 5 heteroatoms. The predicted molar refractivity (Wildman–Crippen MR) is 74.0 cm³/mol. The first-order valence-corrected chi connectivity index (χ1v) is 6.92. The molecule has 1 aromatic rings. The molecule has 0 aliphatic carbocycles. The molecule has 0 amide bonds. The number of hydrogen-bond donors (Lipinski definition) is 2. The van der Waals surface area contributed by atoms with Crippen LogP contribution in [0.25, 0.3) is 0 Å². The number of aromatic amines is 1. The molecule has 0 saturated carbocycles. The number of anilines is 1. The standard InChI is InChI=1S/C13H25N5/c1-5-13(2,3)11-15-12(17-16-11)18-8-6-10(14-4)7-9-18/h10,14H,5-9H2,1-4H3,(H,15,16,17). The first kappa shape index (κ1) is 13.3. The van der Waals surface area contributed by atoms with Crippen molar-refractivity contribution in [2.45, 2.75) is 51.5 Å². The quantitative estimate of drug-likeness (QED) is 0.855. The summed E-state index contributed by atoms with van der Waals surface area (Å²) in [6.45, 7) is 8.65. The van der Waals surface area contributed by atoms with Crippen molar-refractivity contribution in [3.8, 4) is 0 Å². The average Bonchev–Trinajstić information content (AvgIpc) is 2.89. The summed E-state index contributed by atoms with van der Waals surface area (Å²) in [6.07, 6.45) is 3.39. The summed E-state index contributed by atoms with van der Waals surface area (Å²) in [6, 6.07) is 0.645. The Morgan fingerprint density at radius 1 is 1.39 bits per heavy atom. The maximum absolute atomic E-state index is 4.67. The SMILES string of the molecule is CCC(C)(C)c1nc(N2CCC(NC)CC2)n[nH]1. The van der Waals surface area contributed by atoms with Crippen LogP contribution in [0.2, 0.25) is 0 Å². The molecular weight excluding hydrogens is 226 g/mol. The minimum Gasteiger partial charge on any atom is -0.339 e. The fraction of sp³-hybridized carbons (Fsp3) is 0.846. The zero-order valence-corrected chi connectivity index (χ0v) is 12.0. The summed E-state index contributed by atoms with van der Waals surface area (Å²) >= 11 is 0. The van der Waals surface area contributed by atoms with Gasteiger partial charge < -0.3 is 10.2 Å². The fourth-order valence-corrected chi connectivity index (χ4v) is 2.23. The number of hydrogen-bond acceptors (Lipinski definition) is 4. The Kier molecular flexibility index (Phi) is 3.90. The number of aromatic nitrogens is 3. The highest BCUT2D eigenvalue weighted by molar-refractivity contribution is 5.30. The van der Waals surface area contributed by atoms with Crippen molar-refractivity contribution in [1.29, 1.82) is 0 Å². The number of piperidine rings is 1. The summed E-state index contributed by atoms with van der Waals surface area (Å²) in [5.74, 6) is 1.86. The van der Waals surface area contributed by atoms with Crippen LogP contribution in [-0.2, 0) is 5.41 Å². The van der Waals surface area contributed by atoms with Gasteiger partial charge in [0.05, 0.1) is 0 Å². The largest absolute Gasteiger partial charge is 0.339 e. The van der Waals surface area contributed by atoms with Gasteiger partial charge in [-0.3, -0.25) is 5.10 Å². The Labute approximate surface area is 109 Å². The molecule has 0 bridgehead atoms. The first-order valence-electron chi connectivity index (χ1n) is 6.92. The summed E-state index contributed by atoms with van der Waals surface area (Å²) in [4.78, 5) is 6.94. The van der Waals surface area contributed by atoms with Crippen molar-refractivity contribution in [2.24, 2.45) is 0 Å². The Morgan fingerprint density at radius 2 is 2.06 bits per heavy atom. The fourth-order valence-electron chi connectivity index (χ4n) is 2.23. The summed E-state index contributed by atoms with van der Waals surface area (Å²) in [5, 5.41) is 10.8. The predicted octanol–water partition coefficient (Wildman–Crippen LogP) is 1.68. The smallest absolute Gasteiger partial charge is 0.244 e. The van der Waals surface area contributed by atoms with E-state index in [1.54, 1.807) is 0 Å². The highest BCUT2D eigenvalue weighted by atomic mass is 15.4. The molecule has 0 spiro atoms. The van der Waals surface area contributed by atoms with E-state index in [1.165, 1.54) is 0 Å². The van der Waals surface area contributed by atoms with Crippen LogP contribution in [0.3, 0.4) is 0 Å². The lowest BCUT2D eigenvalue weighted by atomic mass is 9.90. The van der Waals surface area contributed by atoms with Crippen LogP contribution in [0.1, 0.15) is 45.9 Å². The molecule has 0 unspecified atom stereocenters. The molecule has 0 atom stereocenters. The summed E-state index contributed by atoms with van der Waals surface area (Å²) < 4.78 is 0. The van der Waals surface area contributed by atoms with E-state index >= 15 is 0 Å². The van der Waals surface area contributed by atoms with Crippen molar-refractivity contribution in [2.75, 3.05) is 25.0 Å². The second-order valence-electron chi connectivity index (χ2n) is 5.77. The molecular formula is C13H25N5. The molecule has 1 aliphatic heterocycles. The van der Waals surface area contributed by atoms with Crippen LogP contribution in [-0.4, -0.2) is 41.4 Å². The molecule has 1 fully saturated rings. The lowest BCUT2D eigenvalue weighted by molar-refractivity contribution is 0.438. The molecule has 0 aromatic carbocycles. The van der Waals surface area contributed by atoms with Gasteiger partial charge >= 0.3 is 0 Å². The number of nitrogens with zero attached hydrogens (tertiary/aromatic N) is 3. The van der Waals surface area contributed by atoms with Gasteiger partial charge in [-0.25, -0.2) is 0 Å². The molecule has 1 aromatic heterocycles. The van der Waals surface area contributed by atoms with Gasteiger partial charge in [-0.1, -0.05) is 20.8 Å². The molecule has 1 saturated heterocycles. The van der Waals surface area contributed by atoms with E-state index in [1.807, 2.05) is 7.05 Å². The zero-order valence-electron chi connectivity index (χ0n) is 12.0. The Hall–Kier alpha value is -1.10. The average molecular weight is 251 g/mol. The van der Waals surface area contributed by atoms with Gasteiger partial charge in [-0.15, -0.1) is 5.10 Å². The molecule has 1 aliphatic rings. The Morgan fingerprint density at radius 3 is 2.61 bits per heavy atom. The third-order valence-corrected chi connectivity index (χ3v) is 4.18. The minimum absolute atomic E-state index is 0.0779. The third-order valence-electron chi connectivity index (χ3n) is 4.18. The second-order valence-corrected chi connectivity index (χ2v) is 5.77. The van der Waals surface area contributed by atoms with E-state index in [2.05, 4.69) is 46.2 Å². The maximum Gasteiger partial charge on any atom is 0.244 e. The lowest BCUT2D eigenvalue weighted by Crippen LogP contribution is -2.41. The van der Waals surface area contributed by atoms with Gasteiger partial charge in [0.2, 0.25) is 5.95 Å². The lowest BCUT2D eigenvalue weighted by Gasteiger charge is -2.30. The maximum atomic E-state index is 4.67. The summed E-state index contributed by atoms with van der Waals surface area (Å²) in [7, 11) is 2.04. The van der Waals surface area contributed by atoms with E-state index < -0.39 is 0 Å². The van der Waals surface area contributed by atoms with E-state index in [0.29, 0.717) is 6.04 Å². The van der Waals surface area contributed by atoms with Gasteiger partial charge in [0.15, 0.2) is 0 Å². The Bertz CT molecular complexity index is 376. The van der Waals surface area contributed by atoms with Crippen LogP contribution in [0, 0.1) is 0 Å². The summed E-state index contributed by atoms with van der Waals surface area (Å²) in [5.41, 5.74) is 0.0779. The van der Waals surface area contributed by atoms with Gasteiger partial charge in [0.25, 0.3) is 0 Å². The van der Waals surface area contributed by atoms with Gasteiger partial charge in [-0.05, 0) is 26.3 Å². The van der Waals surface area contributed by atoms with E-state index in [4.69, 9.17) is 0 Å². The van der Waals surface area contributed by atoms with Crippen molar-refractivity contribution < 1.29 is 0 Å². The normalized spacial score (nSPS) is 18.3. The van der Waals surface area contributed by atoms with Crippen LogP contribution < -0.4 is 10.2 Å². The van der Waals surface area contributed by atoms with Gasteiger partial charge in [0, 0.05) is 24.5 Å². The minimum atomic E-state index is 0.0779. The van der Waals surface area contributed by atoms with E-state index in [9.17, 15) is 0 Å². The number of nitrogens with one attached hydrogen (secondary N) is 2. The van der Waals surface area contributed by atoms with Crippen LogP contribution in [0.4, 0.5) is 5.95 Å². The van der Waals surface area contributed by atoms with Crippen molar-refractivity contribution in [1.82, 2.24) is 20.5 Å². The van der Waals surface area contributed by atoms with Crippen LogP contribution >= 0.6 is 0 Å². The van der Waals surface area contributed by atoms with Crippen molar-refractivity contribution in [3.63, 3.8) is 0 Å². The van der Waals surface area contributed by atoms with Crippen molar-refractivity contribution >= 4 is 5.95 Å². The second kappa shape index (κ2) is 5.26. The number of H-pyrrole nitrogens is 1. The zero-order chi connectivity index (χ0) is 13.2. The first-order chi connectivity index (χ1) is 8.56. The molecule has 0 radical (unpaired) electrons. The number of rotatable bonds is 4. The van der Waals surface area contributed by atoms with Gasteiger partial charge in [0.1, 0.15) is 5.82 Å². The van der Waals surface area contributed by atoms with Crippen LogP contribution in [0.5, 0.6) is 0 Å². The van der Waals surface area contributed by atoms with E-state index in [-0.39, 0.29) is 5.41 Å². The molecule has 5 nitrogen and oxygen atoms in total. The highest BCUT2D eigenvalue weighted by Gasteiger charge is 2.25.